The minimum Gasteiger partial charge on any atom is -0.476 e. The molecule has 0 saturated carbocycles. The minimum absolute atomic E-state index is 0.0301. The summed E-state index contributed by atoms with van der Waals surface area (Å²) in [5, 5.41) is 16.1. The molecule has 1 heterocycles. The molecule has 0 aliphatic rings. The van der Waals surface area contributed by atoms with Gasteiger partial charge >= 0.3 is 0 Å². The number of ether oxygens (including phenoxy) is 2. The summed E-state index contributed by atoms with van der Waals surface area (Å²) in [7, 11) is 1.67. The highest BCUT2D eigenvalue weighted by atomic mass is 16.5. The average Bonchev–Trinajstić information content (AvgIpc) is 2.45. The fourth-order valence-electron chi connectivity index (χ4n) is 2.03. The number of hydrogen-bond acceptors (Lipinski definition) is 5. The van der Waals surface area contributed by atoms with E-state index in [-0.39, 0.29) is 11.4 Å². The number of nitrogens with two attached hydrogens (primary N) is 1. The van der Waals surface area contributed by atoms with Gasteiger partial charge in [0.15, 0.2) is 0 Å². The summed E-state index contributed by atoms with van der Waals surface area (Å²) in [6.07, 6.45) is 2.21. The van der Waals surface area contributed by atoms with Crippen LogP contribution < -0.4 is 10.5 Å². The summed E-state index contributed by atoms with van der Waals surface area (Å²) < 4.78 is 11.1. The van der Waals surface area contributed by atoms with Gasteiger partial charge in [-0.1, -0.05) is 13.8 Å². The van der Waals surface area contributed by atoms with Gasteiger partial charge in [-0.3, -0.25) is 5.41 Å². The van der Waals surface area contributed by atoms with Crippen molar-refractivity contribution in [3.8, 4) is 5.88 Å². The van der Waals surface area contributed by atoms with Crippen LogP contribution in [0.2, 0.25) is 0 Å². The topological polar surface area (TPSA) is 94.1 Å². The average molecular weight is 294 g/mol. The zero-order valence-corrected chi connectivity index (χ0v) is 13.6. The first-order valence-electron chi connectivity index (χ1n) is 7.27. The molecule has 6 nitrogen and oxygen atoms in total. The van der Waals surface area contributed by atoms with E-state index < -0.39 is 0 Å². The third-order valence-corrected chi connectivity index (χ3v) is 3.58. The molecule has 0 fully saturated rings. The molecule has 0 atom stereocenters. The number of rotatable bonds is 8. The van der Waals surface area contributed by atoms with E-state index in [1.54, 1.807) is 7.11 Å². The van der Waals surface area contributed by atoms with Crippen LogP contribution in [0.25, 0.3) is 0 Å². The lowest BCUT2D eigenvalue weighted by Gasteiger charge is -2.23. The van der Waals surface area contributed by atoms with Crippen molar-refractivity contribution in [2.45, 2.75) is 52.6 Å². The molecule has 1 aromatic rings. The maximum atomic E-state index is 7.79. The van der Waals surface area contributed by atoms with Crippen molar-refractivity contribution in [1.29, 1.82) is 5.41 Å². The number of aryl methyl sites for hydroxylation is 1. The Bertz CT molecular complexity index is 501. The Kier molecular flexibility index (Phi) is 6.08. The number of aromatic nitrogens is 2. The Morgan fingerprint density at radius 1 is 1.24 bits per heavy atom. The lowest BCUT2D eigenvalue weighted by atomic mass is 10.0. The lowest BCUT2D eigenvalue weighted by Crippen LogP contribution is -2.26. The molecule has 0 radical (unpaired) electrons. The zero-order valence-electron chi connectivity index (χ0n) is 13.6. The van der Waals surface area contributed by atoms with Crippen molar-refractivity contribution in [3.05, 3.63) is 16.8 Å². The van der Waals surface area contributed by atoms with Gasteiger partial charge in [0.05, 0.1) is 23.5 Å². The summed E-state index contributed by atoms with van der Waals surface area (Å²) in [5.74, 6) is 0.306. The first-order valence-corrected chi connectivity index (χ1v) is 7.27. The van der Waals surface area contributed by atoms with E-state index in [1.807, 2.05) is 27.7 Å². The number of nitrogen functional groups attached to an aromatic ring is 1. The fraction of sp³-hybridized carbons (Fsp3) is 0.667. The van der Waals surface area contributed by atoms with Crippen LogP contribution in [-0.4, -0.2) is 35.4 Å². The molecule has 21 heavy (non-hydrogen) atoms. The largest absolute Gasteiger partial charge is 0.476 e. The van der Waals surface area contributed by atoms with Gasteiger partial charge in [0.1, 0.15) is 5.84 Å². The summed E-state index contributed by atoms with van der Waals surface area (Å²) in [6.45, 7) is 8.44. The van der Waals surface area contributed by atoms with Crippen LogP contribution in [0.3, 0.4) is 0 Å². The number of nitrogens with one attached hydrogen (secondary N) is 1. The van der Waals surface area contributed by atoms with Gasteiger partial charge < -0.3 is 15.2 Å². The predicted octanol–water partition coefficient (Wildman–Crippen LogP) is 2.08. The quantitative estimate of drug-likeness (QED) is 0.565. The molecule has 1 aromatic heterocycles. The van der Waals surface area contributed by atoms with E-state index in [9.17, 15) is 0 Å². The Labute approximate surface area is 126 Å². The number of methoxy groups -OCH3 is 1. The van der Waals surface area contributed by atoms with E-state index in [4.69, 9.17) is 20.6 Å². The highest BCUT2D eigenvalue weighted by Gasteiger charge is 2.20. The van der Waals surface area contributed by atoms with Crippen molar-refractivity contribution in [1.82, 2.24) is 10.2 Å². The van der Waals surface area contributed by atoms with Crippen molar-refractivity contribution in [2.75, 3.05) is 13.7 Å². The second-order valence-corrected chi connectivity index (χ2v) is 5.49. The molecule has 0 spiro atoms. The van der Waals surface area contributed by atoms with Crippen LogP contribution >= 0.6 is 0 Å². The molecule has 0 amide bonds. The third kappa shape index (κ3) is 4.39. The molecule has 0 aliphatic heterocycles. The Balaban J connectivity index is 2.99. The van der Waals surface area contributed by atoms with Crippen molar-refractivity contribution in [3.63, 3.8) is 0 Å². The van der Waals surface area contributed by atoms with Gasteiger partial charge in [0.2, 0.25) is 5.88 Å². The molecule has 6 heteroatoms. The summed E-state index contributed by atoms with van der Waals surface area (Å²) in [5.41, 5.74) is 7.83. The van der Waals surface area contributed by atoms with Crippen LogP contribution in [0.1, 0.15) is 50.9 Å². The first kappa shape index (κ1) is 17.4. The monoisotopic (exact) mass is 294 g/mol. The molecule has 3 N–H and O–H groups in total. The maximum Gasteiger partial charge on any atom is 0.244 e. The molecule has 0 unspecified atom stereocenters. The Hall–Kier alpha value is -1.69. The van der Waals surface area contributed by atoms with E-state index >= 15 is 0 Å². The molecular formula is C15H26N4O2. The molecule has 118 valence electrons. The molecule has 1 rings (SSSR count). The van der Waals surface area contributed by atoms with Gasteiger partial charge in [0.25, 0.3) is 0 Å². The van der Waals surface area contributed by atoms with Gasteiger partial charge in [-0.25, -0.2) is 0 Å². The van der Waals surface area contributed by atoms with Crippen LogP contribution in [0.5, 0.6) is 5.88 Å². The second-order valence-electron chi connectivity index (χ2n) is 5.49. The Morgan fingerprint density at radius 2 is 1.90 bits per heavy atom. The van der Waals surface area contributed by atoms with Gasteiger partial charge in [0, 0.05) is 13.5 Å². The van der Waals surface area contributed by atoms with Crippen LogP contribution in [0.15, 0.2) is 0 Å². The summed E-state index contributed by atoms with van der Waals surface area (Å²) in [4.78, 5) is 0. The highest BCUT2D eigenvalue weighted by Crippen LogP contribution is 2.23. The van der Waals surface area contributed by atoms with Gasteiger partial charge in [-0.15, -0.1) is 5.10 Å². The lowest BCUT2D eigenvalue weighted by molar-refractivity contribution is 0.00497. The molecule has 0 bridgehead atoms. The van der Waals surface area contributed by atoms with E-state index in [0.29, 0.717) is 24.5 Å². The normalized spacial score (nSPS) is 11.5. The second kappa shape index (κ2) is 7.36. The van der Waals surface area contributed by atoms with Crippen molar-refractivity contribution >= 4 is 5.84 Å². The number of amidine groups is 1. The van der Waals surface area contributed by atoms with Crippen LogP contribution in [0, 0.1) is 5.41 Å². The summed E-state index contributed by atoms with van der Waals surface area (Å²) >= 11 is 0. The van der Waals surface area contributed by atoms with Crippen molar-refractivity contribution < 1.29 is 9.47 Å². The molecule has 0 saturated heterocycles. The van der Waals surface area contributed by atoms with Crippen LogP contribution in [0.4, 0.5) is 0 Å². The first-order chi connectivity index (χ1) is 9.86. The maximum absolute atomic E-state index is 7.79. The van der Waals surface area contributed by atoms with Crippen LogP contribution in [-0.2, 0) is 17.6 Å². The molecule has 0 aliphatic carbocycles. The zero-order chi connectivity index (χ0) is 16.0. The standard InChI is InChI=1S/C15H26N4O2/c1-6-10-11(7-2)18-19-14(12(10)13(16)17)21-9-8-15(3,4)20-5/h6-9H2,1-5H3,(H3,16,17). The van der Waals surface area contributed by atoms with Crippen molar-refractivity contribution in [2.24, 2.45) is 5.73 Å². The molecule has 0 aromatic carbocycles. The Morgan fingerprint density at radius 3 is 2.38 bits per heavy atom. The predicted molar refractivity (Wildman–Crippen MR) is 83.0 cm³/mol. The van der Waals surface area contributed by atoms with E-state index in [0.717, 1.165) is 24.1 Å². The number of hydrogen-bond donors (Lipinski definition) is 2. The van der Waals surface area contributed by atoms with Gasteiger partial charge in [-0.05, 0) is 32.3 Å². The van der Waals surface area contributed by atoms with E-state index in [1.165, 1.54) is 0 Å². The highest BCUT2D eigenvalue weighted by molar-refractivity contribution is 5.98. The van der Waals surface area contributed by atoms with E-state index in [2.05, 4.69) is 10.2 Å². The smallest absolute Gasteiger partial charge is 0.244 e. The fourth-order valence-corrected chi connectivity index (χ4v) is 2.03. The minimum atomic E-state index is -0.263. The summed E-state index contributed by atoms with van der Waals surface area (Å²) in [6, 6.07) is 0. The SMILES string of the molecule is CCc1nnc(OCCC(C)(C)OC)c(C(=N)N)c1CC. The van der Waals surface area contributed by atoms with Gasteiger partial charge in [-0.2, -0.15) is 5.10 Å². The molecular weight excluding hydrogens is 268 g/mol. The number of nitrogens with zero attached hydrogens (tertiary/aromatic N) is 2. The third-order valence-electron chi connectivity index (χ3n) is 3.58.